The van der Waals surface area contributed by atoms with Gasteiger partial charge in [-0.3, -0.25) is 0 Å². The van der Waals surface area contributed by atoms with E-state index in [1.807, 2.05) is 0 Å². The average molecular weight is 853 g/mol. The SMILES string of the molecule is c1ccc(-n2c3ccccc3c3cc4c(cc32)Oc2c(-c3cccc5ccccc35)cc(-c3cccc5ccccc35)c3c2B4c2cc4c5ccccc5n(-c5ccccc5)c4cc2O3)cc1. The average Bonchev–Trinajstić information content (AvgIpc) is 3.89. The molecule has 0 fully saturated rings. The Labute approximate surface area is 386 Å². The van der Waals surface area contributed by atoms with E-state index in [4.69, 9.17) is 9.47 Å². The highest BCUT2D eigenvalue weighted by Gasteiger charge is 2.44. The molecule has 0 amide bonds. The molecule has 0 unspecified atom stereocenters. The van der Waals surface area contributed by atoms with E-state index in [1.54, 1.807) is 0 Å². The Morgan fingerprint density at radius 3 is 1.18 bits per heavy atom. The Balaban J connectivity index is 1.10. The van der Waals surface area contributed by atoms with Crippen LogP contribution in [0.1, 0.15) is 0 Å². The lowest BCUT2D eigenvalue weighted by Gasteiger charge is -2.36. The summed E-state index contributed by atoms with van der Waals surface area (Å²) in [6, 6.07) is 81.2. The molecule has 0 bridgehead atoms. The number of rotatable bonds is 4. The third-order valence-corrected chi connectivity index (χ3v) is 14.4. The topological polar surface area (TPSA) is 28.3 Å². The predicted molar refractivity (Wildman–Crippen MR) is 279 cm³/mol. The van der Waals surface area contributed by atoms with E-state index in [2.05, 4.69) is 234 Å². The molecule has 2 aliphatic heterocycles. The highest BCUT2D eigenvalue weighted by atomic mass is 16.5. The molecular weight excluding hydrogens is 816 g/mol. The minimum absolute atomic E-state index is 0.229. The molecule has 4 nitrogen and oxygen atoms in total. The van der Waals surface area contributed by atoms with Gasteiger partial charge >= 0.3 is 0 Å². The number of ether oxygens (including phenoxy) is 2. The molecule has 0 atom stereocenters. The molecule has 0 spiro atoms. The fourth-order valence-electron chi connectivity index (χ4n) is 11.5. The van der Waals surface area contributed by atoms with Gasteiger partial charge < -0.3 is 18.6 Å². The molecule has 13 aromatic rings. The van der Waals surface area contributed by atoms with Crippen LogP contribution in [0.3, 0.4) is 0 Å². The molecule has 15 rings (SSSR count). The highest BCUT2D eigenvalue weighted by Crippen LogP contribution is 2.50. The second-order valence-electron chi connectivity index (χ2n) is 17.9. The lowest BCUT2D eigenvalue weighted by atomic mass is 9.34. The molecule has 2 aromatic heterocycles. The lowest BCUT2D eigenvalue weighted by molar-refractivity contribution is 0.467. The normalized spacial score (nSPS) is 12.7. The van der Waals surface area contributed by atoms with E-state index >= 15 is 0 Å². The van der Waals surface area contributed by atoms with Gasteiger partial charge in [0.15, 0.2) is 0 Å². The zero-order valence-electron chi connectivity index (χ0n) is 36.2. The van der Waals surface area contributed by atoms with E-state index in [9.17, 15) is 0 Å². The molecule has 5 heteroatoms. The van der Waals surface area contributed by atoms with Gasteiger partial charge in [-0.05, 0) is 86.1 Å². The summed E-state index contributed by atoms with van der Waals surface area (Å²) >= 11 is 0. The third-order valence-electron chi connectivity index (χ3n) is 14.4. The van der Waals surface area contributed by atoms with Crippen molar-refractivity contribution >= 4 is 88.3 Å². The molecule has 4 heterocycles. The van der Waals surface area contributed by atoms with Crippen LogP contribution in [0.5, 0.6) is 23.0 Å². The zero-order valence-corrected chi connectivity index (χ0v) is 36.2. The van der Waals surface area contributed by atoms with Gasteiger partial charge in [0.25, 0.3) is 6.71 Å². The van der Waals surface area contributed by atoms with Crippen LogP contribution in [-0.2, 0) is 0 Å². The number of hydrogen-bond donors (Lipinski definition) is 0. The summed E-state index contributed by atoms with van der Waals surface area (Å²) in [7, 11) is 0. The van der Waals surface area contributed by atoms with Crippen LogP contribution in [-0.4, -0.2) is 15.8 Å². The van der Waals surface area contributed by atoms with Gasteiger partial charge in [-0.2, -0.15) is 0 Å². The molecule has 0 N–H and O–H groups in total. The molecular formula is C62H37BN2O2. The summed E-state index contributed by atoms with van der Waals surface area (Å²) in [6.45, 7) is -0.229. The van der Waals surface area contributed by atoms with Crippen LogP contribution in [0.25, 0.3) is 98.8 Å². The van der Waals surface area contributed by atoms with Crippen molar-refractivity contribution in [3.8, 4) is 56.6 Å². The Morgan fingerprint density at radius 1 is 0.299 bits per heavy atom. The first-order valence-electron chi connectivity index (χ1n) is 23.0. The van der Waals surface area contributed by atoms with Crippen molar-refractivity contribution in [1.82, 2.24) is 9.13 Å². The molecule has 2 aliphatic rings. The van der Waals surface area contributed by atoms with Crippen molar-refractivity contribution in [2.75, 3.05) is 0 Å². The van der Waals surface area contributed by atoms with Crippen LogP contribution in [0.4, 0.5) is 0 Å². The van der Waals surface area contributed by atoms with Crippen LogP contribution in [0, 0.1) is 0 Å². The summed E-state index contributed by atoms with van der Waals surface area (Å²) in [4.78, 5) is 0. The fraction of sp³-hybridized carbons (Fsp3) is 0. The number of aromatic nitrogens is 2. The van der Waals surface area contributed by atoms with Crippen LogP contribution < -0.4 is 25.9 Å². The number of benzene rings is 11. The third kappa shape index (κ3) is 5.19. The Kier molecular flexibility index (Phi) is 7.55. The first-order chi connectivity index (χ1) is 33.2. The van der Waals surface area contributed by atoms with Gasteiger partial charge in [-0.25, -0.2) is 0 Å². The minimum atomic E-state index is -0.229. The van der Waals surface area contributed by atoms with Gasteiger partial charge in [0.05, 0.1) is 22.1 Å². The number of para-hydroxylation sites is 4. The number of fused-ring (bicyclic) bond motifs is 12. The maximum atomic E-state index is 7.57. The summed E-state index contributed by atoms with van der Waals surface area (Å²) in [5.41, 5.74) is 14.3. The van der Waals surface area contributed by atoms with E-state index in [-0.39, 0.29) is 6.71 Å². The van der Waals surface area contributed by atoms with E-state index < -0.39 is 0 Å². The van der Waals surface area contributed by atoms with Crippen molar-refractivity contribution in [3.05, 3.63) is 224 Å². The van der Waals surface area contributed by atoms with Gasteiger partial charge in [0.1, 0.15) is 23.0 Å². The molecule has 11 aromatic carbocycles. The Bertz CT molecular complexity index is 3950. The van der Waals surface area contributed by atoms with E-state index in [1.165, 1.54) is 43.1 Å². The summed E-state index contributed by atoms with van der Waals surface area (Å²) < 4.78 is 19.9. The maximum absolute atomic E-state index is 7.57. The van der Waals surface area contributed by atoms with E-state index in [0.717, 1.165) is 95.1 Å². The summed E-state index contributed by atoms with van der Waals surface area (Å²) in [5.74, 6) is 3.34. The monoisotopic (exact) mass is 852 g/mol. The Hall–Kier alpha value is -8.80. The second kappa shape index (κ2) is 13.9. The largest absolute Gasteiger partial charge is 0.458 e. The molecule has 0 saturated carbocycles. The molecule has 0 aliphatic carbocycles. The fourth-order valence-corrected chi connectivity index (χ4v) is 11.5. The summed E-state index contributed by atoms with van der Waals surface area (Å²) in [6.07, 6.45) is 0. The van der Waals surface area contributed by atoms with Gasteiger partial charge in [-0.1, -0.05) is 170 Å². The summed E-state index contributed by atoms with van der Waals surface area (Å²) in [5, 5.41) is 9.46. The molecule has 310 valence electrons. The standard InChI is InChI=1S/C62H37BN2O2/c1-3-21-40(22-4-1)64-54-31-13-11-27-46(54)48-34-52-58(36-56(48)64)66-61-50(44-29-15-19-38-17-7-9-25-42(38)44)33-51(45-30-16-20-39-18-8-10-26-43(39)45)62-60(61)63(52)53-35-49-47-28-12-14-32-55(47)65(41-23-5-2-6-24-41)57(49)37-59(53)67-62/h1-37H. The zero-order chi connectivity index (χ0) is 43.7. The Morgan fingerprint density at radius 2 is 0.701 bits per heavy atom. The van der Waals surface area contributed by atoms with E-state index in [0.29, 0.717) is 0 Å². The van der Waals surface area contributed by atoms with Crippen molar-refractivity contribution in [2.45, 2.75) is 0 Å². The van der Waals surface area contributed by atoms with Crippen molar-refractivity contribution in [3.63, 3.8) is 0 Å². The first-order valence-corrected chi connectivity index (χ1v) is 23.0. The number of nitrogens with zero attached hydrogens (tertiary/aromatic N) is 2. The quantitative estimate of drug-likeness (QED) is 0.165. The minimum Gasteiger partial charge on any atom is -0.458 e. The van der Waals surface area contributed by atoms with Crippen LogP contribution in [0.2, 0.25) is 0 Å². The lowest BCUT2D eigenvalue weighted by Crippen LogP contribution is -2.57. The van der Waals surface area contributed by atoms with Crippen molar-refractivity contribution < 1.29 is 9.47 Å². The van der Waals surface area contributed by atoms with Gasteiger partial charge in [-0.15, -0.1) is 0 Å². The van der Waals surface area contributed by atoms with Crippen LogP contribution >= 0.6 is 0 Å². The van der Waals surface area contributed by atoms with Crippen LogP contribution in [0.15, 0.2) is 224 Å². The molecule has 67 heavy (non-hydrogen) atoms. The van der Waals surface area contributed by atoms with Crippen molar-refractivity contribution in [2.24, 2.45) is 0 Å². The van der Waals surface area contributed by atoms with Crippen molar-refractivity contribution in [1.29, 1.82) is 0 Å². The van der Waals surface area contributed by atoms with Gasteiger partial charge in [0.2, 0.25) is 0 Å². The second-order valence-corrected chi connectivity index (χ2v) is 17.9. The highest BCUT2D eigenvalue weighted by molar-refractivity contribution is 6.98. The molecule has 0 saturated heterocycles. The first kappa shape index (κ1) is 36.5. The molecule has 0 radical (unpaired) electrons. The smallest absolute Gasteiger partial charge is 0.260 e. The predicted octanol–water partition coefficient (Wildman–Crippen LogP) is 14.2. The number of hydrogen-bond acceptors (Lipinski definition) is 2. The van der Waals surface area contributed by atoms with Gasteiger partial charge in [0, 0.05) is 61.6 Å². The maximum Gasteiger partial charge on any atom is 0.260 e.